The lowest BCUT2D eigenvalue weighted by Gasteiger charge is -2.12. The molecule has 0 atom stereocenters. The lowest BCUT2D eigenvalue weighted by molar-refractivity contribution is 0.590. The average Bonchev–Trinajstić information content (AvgIpc) is 2.99. The second-order valence-corrected chi connectivity index (χ2v) is 5.13. The molecule has 4 rings (SSSR count). The van der Waals surface area contributed by atoms with Crippen molar-refractivity contribution in [1.29, 1.82) is 0 Å². The Balaban J connectivity index is 1.83. The Morgan fingerprint density at radius 2 is 1.71 bits per heavy atom. The Morgan fingerprint density at radius 1 is 0.917 bits per heavy atom. The first-order valence-electron chi connectivity index (χ1n) is 7.20. The number of nitrogens with zero attached hydrogens (tertiary/aromatic N) is 3. The molecule has 0 fully saturated rings. The number of rotatable bonds is 3. The van der Waals surface area contributed by atoms with Crippen LogP contribution in [0.1, 0.15) is 0 Å². The number of hydrogen-bond acceptors (Lipinski definition) is 4. The van der Waals surface area contributed by atoms with Crippen LogP contribution in [0.4, 0.5) is 20.3 Å². The number of hydrogen-bond donors (Lipinski definition) is 2. The molecule has 5 nitrogen and oxygen atoms in total. The fraction of sp³-hybridized carbons (Fsp3) is 0. The molecule has 24 heavy (non-hydrogen) atoms. The standard InChI is InChI=1S/C17H11F2N5/c18-12-5-3-6-13(19)15(12)10-4-1-2-7-14(10)21-16-11-8-9-20-22-17(11)24-23-16/h1-9H,(H2,21,22,23,24). The van der Waals surface area contributed by atoms with Gasteiger partial charge in [0.2, 0.25) is 0 Å². The fourth-order valence-electron chi connectivity index (χ4n) is 2.56. The lowest BCUT2D eigenvalue weighted by Crippen LogP contribution is -1.97. The van der Waals surface area contributed by atoms with Gasteiger partial charge in [-0.1, -0.05) is 24.3 Å². The topological polar surface area (TPSA) is 66.5 Å². The van der Waals surface area contributed by atoms with Gasteiger partial charge in [-0.3, -0.25) is 5.10 Å². The Kier molecular flexibility index (Phi) is 3.38. The maximum Gasteiger partial charge on any atom is 0.180 e. The average molecular weight is 323 g/mol. The molecule has 0 saturated heterocycles. The minimum absolute atomic E-state index is 0.0831. The quantitative estimate of drug-likeness (QED) is 0.597. The first kappa shape index (κ1) is 14.3. The van der Waals surface area contributed by atoms with Crippen molar-refractivity contribution in [2.75, 3.05) is 5.32 Å². The maximum atomic E-state index is 14.1. The van der Waals surface area contributed by atoms with Crippen LogP contribution < -0.4 is 5.32 Å². The third kappa shape index (κ3) is 2.36. The van der Waals surface area contributed by atoms with Gasteiger partial charge in [0.05, 0.1) is 17.1 Å². The Bertz CT molecular complexity index is 1010. The monoisotopic (exact) mass is 323 g/mol. The summed E-state index contributed by atoms with van der Waals surface area (Å²) in [5, 5.41) is 18.4. The number of fused-ring (bicyclic) bond motifs is 1. The normalized spacial score (nSPS) is 10.9. The van der Waals surface area contributed by atoms with Crippen molar-refractivity contribution >= 4 is 22.5 Å². The molecule has 0 unspecified atom stereocenters. The fourth-order valence-corrected chi connectivity index (χ4v) is 2.56. The first-order valence-corrected chi connectivity index (χ1v) is 7.20. The summed E-state index contributed by atoms with van der Waals surface area (Å²) in [5.41, 5.74) is 1.38. The molecular weight excluding hydrogens is 312 g/mol. The molecule has 0 bridgehead atoms. The molecular formula is C17H11F2N5. The SMILES string of the molecule is Fc1cccc(F)c1-c1ccccc1Nc1n[nH]c2nnccc12. The smallest absolute Gasteiger partial charge is 0.180 e. The lowest BCUT2D eigenvalue weighted by atomic mass is 10.0. The summed E-state index contributed by atoms with van der Waals surface area (Å²) in [7, 11) is 0. The predicted molar refractivity (Wildman–Crippen MR) is 86.8 cm³/mol. The van der Waals surface area contributed by atoms with E-state index in [2.05, 4.69) is 25.7 Å². The number of benzene rings is 2. The van der Waals surface area contributed by atoms with E-state index in [1.54, 1.807) is 36.5 Å². The molecule has 118 valence electrons. The molecule has 2 heterocycles. The summed E-state index contributed by atoms with van der Waals surface area (Å²) in [6, 6.07) is 12.4. The van der Waals surface area contributed by atoms with E-state index in [0.29, 0.717) is 22.7 Å². The van der Waals surface area contributed by atoms with Crippen molar-refractivity contribution in [2.24, 2.45) is 0 Å². The summed E-state index contributed by atoms with van der Waals surface area (Å²) in [6.45, 7) is 0. The zero-order valence-corrected chi connectivity index (χ0v) is 12.3. The number of para-hydroxylation sites is 1. The van der Waals surface area contributed by atoms with Crippen LogP contribution in [0.15, 0.2) is 54.7 Å². The van der Waals surface area contributed by atoms with Gasteiger partial charge in [-0.25, -0.2) is 8.78 Å². The Morgan fingerprint density at radius 3 is 2.54 bits per heavy atom. The molecule has 7 heteroatoms. The third-order valence-corrected chi connectivity index (χ3v) is 3.66. The summed E-state index contributed by atoms with van der Waals surface area (Å²) >= 11 is 0. The number of halogens is 2. The van der Waals surface area contributed by atoms with Gasteiger partial charge in [-0.15, -0.1) is 5.10 Å². The van der Waals surface area contributed by atoms with Gasteiger partial charge in [0.25, 0.3) is 0 Å². The van der Waals surface area contributed by atoms with Crippen LogP contribution in [0.2, 0.25) is 0 Å². The minimum Gasteiger partial charge on any atom is -0.338 e. The summed E-state index contributed by atoms with van der Waals surface area (Å²) in [4.78, 5) is 0. The number of H-pyrrole nitrogens is 1. The second kappa shape index (κ2) is 5.69. The third-order valence-electron chi connectivity index (χ3n) is 3.66. The summed E-state index contributed by atoms with van der Waals surface area (Å²) in [6.07, 6.45) is 1.55. The first-order chi connectivity index (χ1) is 11.7. The highest BCUT2D eigenvalue weighted by Crippen LogP contribution is 2.34. The van der Waals surface area contributed by atoms with Crippen LogP contribution in [0.3, 0.4) is 0 Å². The molecule has 0 aliphatic heterocycles. The summed E-state index contributed by atoms with van der Waals surface area (Å²) in [5.74, 6) is -0.742. The van der Waals surface area contributed by atoms with Crippen LogP contribution in [0.5, 0.6) is 0 Å². The molecule has 2 aromatic heterocycles. The van der Waals surface area contributed by atoms with E-state index in [9.17, 15) is 8.78 Å². The van der Waals surface area contributed by atoms with Crippen molar-refractivity contribution in [1.82, 2.24) is 20.4 Å². The highest BCUT2D eigenvalue weighted by Gasteiger charge is 2.16. The van der Waals surface area contributed by atoms with Gasteiger partial charge in [-0.05, 0) is 24.3 Å². The van der Waals surface area contributed by atoms with Crippen LogP contribution >= 0.6 is 0 Å². The highest BCUT2D eigenvalue weighted by molar-refractivity contribution is 5.91. The van der Waals surface area contributed by atoms with E-state index >= 15 is 0 Å². The highest BCUT2D eigenvalue weighted by atomic mass is 19.1. The number of aromatic amines is 1. The molecule has 0 amide bonds. The molecule has 4 aromatic rings. The van der Waals surface area contributed by atoms with Gasteiger partial charge in [0.15, 0.2) is 11.5 Å². The van der Waals surface area contributed by atoms with Crippen molar-refractivity contribution < 1.29 is 8.78 Å². The predicted octanol–water partition coefficient (Wildman–Crippen LogP) is 4.04. The zero-order valence-electron chi connectivity index (χ0n) is 12.3. The second-order valence-electron chi connectivity index (χ2n) is 5.13. The van der Waals surface area contributed by atoms with Crippen molar-refractivity contribution in [3.8, 4) is 11.1 Å². The van der Waals surface area contributed by atoms with E-state index in [1.807, 2.05) is 0 Å². The maximum absolute atomic E-state index is 14.1. The van der Waals surface area contributed by atoms with Crippen molar-refractivity contribution in [3.05, 3.63) is 66.4 Å². The van der Waals surface area contributed by atoms with E-state index in [-0.39, 0.29) is 5.56 Å². The van der Waals surface area contributed by atoms with Crippen LogP contribution in [0.25, 0.3) is 22.2 Å². The van der Waals surface area contributed by atoms with E-state index in [1.165, 1.54) is 18.2 Å². The number of nitrogens with one attached hydrogen (secondary N) is 2. The zero-order chi connectivity index (χ0) is 16.5. The molecule has 0 saturated carbocycles. The van der Waals surface area contributed by atoms with E-state index in [0.717, 1.165) is 5.39 Å². The van der Waals surface area contributed by atoms with Crippen molar-refractivity contribution in [3.63, 3.8) is 0 Å². The largest absolute Gasteiger partial charge is 0.338 e. The molecule has 2 N–H and O–H groups in total. The van der Waals surface area contributed by atoms with Gasteiger partial charge >= 0.3 is 0 Å². The van der Waals surface area contributed by atoms with E-state index < -0.39 is 11.6 Å². The molecule has 2 aromatic carbocycles. The molecule has 0 aliphatic rings. The number of aromatic nitrogens is 4. The van der Waals surface area contributed by atoms with Gasteiger partial charge in [0.1, 0.15) is 11.6 Å². The molecule has 0 radical (unpaired) electrons. The van der Waals surface area contributed by atoms with Gasteiger partial charge < -0.3 is 5.32 Å². The van der Waals surface area contributed by atoms with E-state index in [4.69, 9.17) is 0 Å². The molecule has 0 aliphatic carbocycles. The van der Waals surface area contributed by atoms with Crippen LogP contribution in [-0.2, 0) is 0 Å². The Hall–Kier alpha value is -3.35. The summed E-state index contributed by atoms with van der Waals surface area (Å²) < 4.78 is 28.3. The molecule has 0 spiro atoms. The van der Waals surface area contributed by atoms with Crippen LogP contribution in [-0.4, -0.2) is 20.4 Å². The number of anilines is 2. The van der Waals surface area contributed by atoms with Crippen molar-refractivity contribution in [2.45, 2.75) is 0 Å². The van der Waals surface area contributed by atoms with Gasteiger partial charge in [0, 0.05) is 11.3 Å². The minimum atomic E-state index is -0.623. The Labute approximate surface area is 135 Å². The van der Waals surface area contributed by atoms with Crippen LogP contribution in [0, 0.1) is 11.6 Å². The van der Waals surface area contributed by atoms with Gasteiger partial charge in [-0.2, -0.15) is 10.2 Å².